The van der Waals surface area contributed by atoms with Crippen LogP contribution in [0, 0.1) is 16.0 Å². The molecule has 4 aromatic rings. The van der Waals surface area contributed by atoms with Gasteiger partial charge < -0.3 is 29.2 Å². The molecule has 10 nitrogen and oxygen atoms in total. The number of nitrogens with zero attached hydrogens (tertiary/aromatic N) is 5. The molecule has 1 atom stereocenters. The monoisotopic (exact) mass is 583 g/mol. The fourth-order valence-corrected chi connectivity index (χ4v) is 5.48. The molecular weight excluding hydrogens is 555 g/mol. The van der Waals surface area contributed by atoms with Crippen LogP contribution in [0.2, 0.25) is 0 Å². The maximum atomic E-state index is 12.4. The fourth-order valence-electron chi connectivity index (χ4n) is 5.48. The molecule has 220 valence electrons. The summed E-state index contributed by atoms with van der Waals surface area (Å²) in [6, 6.07) is 16.0. The van der Waals surface area contributed by atoms with E-state index in [-0.39, 0.29) is 24.2 Å². The number of hydrogen-bond donors (Lipinski definition) is 0. The van der Waals surface area contributed by atoms with Crippen molar-refractivity contribution in [3.63, 3.8) is 0 Å². The molecule has 2 aromatic carbocycles. The highest BCUT2D eigenvalue weighted by Gasteiger charge is 2.41. The molecule has 6 rings (SSSR count). The van der Waals surface area contributed by atoms with Gasteiger partial charge in [-0.2, -0.15) is 0 Å². The lowest BCUT2D eigenvalue weighted by atomic mass is 9.90. The molecule has 0 saturated carbocycles. The number of pyridine rings is 1. The topological polar surface area (TPSA) is 105 Å². The van der Waals surface area contributed by atoms with E-state index in [0.29, 0.717) is 18.2 Å². The largest absolute Gasteiger partial charge is 0.573 e. The molecule has 0 bridgehead atoms. The minimum absolute atomic E-state index is 0.206. The van der Waals surface area contributed by atoms with Gasteiger partial charge in [0.25, 0.3) is 0 Å². The number of fused-ring (bicyclic) bond motifs is 2. The molecule has 42 heavy (non-hydrogen) atoms. The highest BCUT2D eigenvalue weighted by atomic mass is 19.4. The van der Waals surface area contributed by atoms with Crippen LogP contribution < -0.4 is 19.1 Å². The van der Waals surface area contributed by atoms with E-state index in [1.807, 2.05) is 37.3 Å². The summed E-state index contributed by atoms with van der Waals surface area (Å²) in [7, 11) is 0. The van der Waals surface area contributed by atoms with Crippen molar-refractivity contribution in [2.75, 3.05) is 24.6 Å². The van der Waals surface area contributed by atoms with Crippen molar-refractivity contribution in [3.05, 3.63) is 76.5 Å². The van der Waals surface area contributed by atoms with Crippen molar-refractivity contribution in [2.45, 2.75) is 44.7 Å². The highest BCUT2D eigenvalue weighted by Crippen LogP contribution is 2.33. The van der Waals surface area contributed by atoms with Crippen LogP contribution in [0.5, 0.6) is 17.5 Å². The summed E-state index contributed by atoms with van der Waals surface area (Å²) in [5.41, 5.74) is 1.14. The lowest BCUT2D eigenvalue weighted by Crippen LogP contribution is -2.38. The maximum Gasteiger partial charge on any atom is 0.573 e. The molecule has 1 fully saturated rings. The lowest BCUT2D eigenvalue weighted by Gasteiger charge is -2.33. The Morgan fingerprint density at radius 2 is 1.81 bits per heavy atom. The second kappa shape index (κ2) is 10.7. The van der Waals surface area contributed by atoms with Crippen molar-refractivity contribution >= 4 is 22.5 Å². The van der Waals surface area contributed by atoms with E-state index in [1.165, 1.54) is 18.3 Å². The number of rotatable bonds is 8. The number of benzene rings is 2. The number of aromatic nitrogens is 3. The molecule has 0 spiro atoms. The molecule has 2 aromatic heterocycles. The number of ether oxygens (including phenoxy) is 3. The summed E-state index contributed by atoms with van der Waals surface area (Å²) >= 11 is 0. The Bertz CT molecular complexity index is 1580. The fraction of sp³-hybridized carbons (Fsp3) is 0.379. The van der Waals surface area contributed by atoms with Crippen LogP contribution in [-0.4, -0.2) is 51.1 Å². The Labute approximate surface area is 238 Å². The van der Waals surface area contributed by atoms with Gasteiger partial charge in [-0.3, -0.25) is 4.57 Å². The van der Waals surface area contributed by atoms with E-state index in [4.69, 9.17) is 14.5 Å². The van der Waals surface area contributed by atoms with Crippen LogP contribution in [0.1, 0.15) is 25.3 Å². The third-order valence-electron chi connectivity index (χ3n) is 7.57. The summed E-state index contributed by atoms with van der Waals surface area (Å²) in [5, 5.41) is 11.9. The van der Waals surface area contributed by atoms with Crippen molar-refractivity contribution in [1.29, 1.82) is 0 Å². The summed E-state index contributed by atoms with van der Waals surface area (Å²) in [6.45, 7) is 4.19. The van der Waals surface area contributed by atoms with Crippen LogP contribution in [-0.2, 0) is 13.0 Å². The summed E-state index contributed by atoms with van der Waals surface area (Å²) in [4.78, 5) is 21.4. The van der Waals surface area contributed by atoms with E-state index in [2.05, 4.69) is 14.6 Å². The minimum atomic E-state index is -4.69. The summed E-state index contributed by atoms with van der Waals surface area (Å²) in [5.74, 6) is 1.56. The number of nitro groups is 1. The molecule has 2 aliphatic heterocycles. The number of halogens is 3. The molecule has 0 N–H and O–H groups in total. The predicted octanol–water partition coefficient (Wildman–Crippen LogP) is 5.93. The molecular formula is C29H28F3N5O5. The average molecular weight is 584 g/mol. The number of imidazole rings is 1. The van der Waals surface area contributed by atoms with E-state index >= 15 is 0 Å². The Kier molecular flexibility index (Phi) is 7.03. The third kappa shape index (κ3) is 6.19. The Morgan fingerprint density at radius 1 is 1.07 bits per heavy atom. The number of alkyl halides is 3. The van der Waals surface area contributed by atoms with Gasteiger partial charge in [0, 0.05) is 23.5 Å². The van der Waals surface area contributed by atoms with E-state index < -0.39 is 16.9 Å². The maximum absolute atomic E-state index is 12.4. The normalized spacial score (nSPS) is 19.0. The minimum Gasteiger partial charge on any atom is -0.489 e. The van der Waals surface area contributed by atoms with Gasteiger partial charge in [-0.25, -0.2) is 4.98 Å². The van der Waals surface area contributed by atoms with E-state index in [1.54, 1.807) is 16.7 Å². The number of anilines is 1. The van der Waals surface area contributed by atoms with Gasteiger partial charge in [0.05, 0.1) is 12.1 Å². The Morgan fingerprint density at radius 3 is 2.50 bits per heavy atom. The first-order chi connectivity index (χ1) is 20.0. The molecule has 13 heteroatoms. The number of hydrogen-bond acceptors (Lipinski definition) is 8. The van der Waals surface area contributed by atoms with Gasteiger partial charge in [-0.1, -0.05) is 12.1 Å². The predicted molar refractivity (Wildman–Crippen MR) is 147 cm³/mol. The molecule has 0 amide bonds. The molecule has 1 saturated heterocycles. The van der Waals surface area contributed by atoms with Gasteiger partial charge in [-0.05, 0) is 85.1 Å². The second-order valence-corrected chi connectivity index (χ2v) is 11.0. The van der Waals surface area contributed by atoms with Crippen molar-refractivity contribution in [1.82, 2.24) is 14.5 Å². The zero-order valence-corrected chi connectivity index (χ0v) is 22.7. The number of piperidine rings is 1. The van der Waals surface area contributed by atoms with Crippen molar-refractivity contribution in [3.8, 4) is 17.5 Å². The SMILES string of the molecule is CC1(COc2ccc3nc(N4CCC(Cc5ccc(OC(F)(F)F)cc5)CC4)ccc3c2)Cn2cc([N+](=O)[O-])nc2O1. The lowest BCUT2D eigenvalue weighted by molar-refractivity contribution is -0.389. The molecule has 4 heterocycles. The van der Waals surface area contributed by atoms with E-state index in [9.17, 15) is 23.3 Å². The highest BCUT2D eigenvalue weighted by molar-refractivity contribution is 5.81. The van der Waals surface area contributed by atoms with Gasteiger partial charge in [0.2, 0.25) is 0 Å². The summed E-state index contributed by atoms with van der Waals surface area (Å²) in [6.07, 6.45) is -0.600. The second-order valence-electron chi connectivity index (χ2n) is 11.0. The quantitative estimate of drug-likeness (QED) is 0.186. The van der Waals surface area contributed by atoms with Crippen LogP contribution in [0.3, 0.4) is 0 Å². The Balaban J connectivity index is 1.01. The van der Waals surface area contributed by atoms with E-state index in [0.717, 1.165) is 54.6 Å². The van der Waals surface area contributed by atoms with Crippen LogP contribution in [0.4, 0.5) is 24.8 Å². The summed E-state index contributed by atoms with van der Waals surface area (Å²) < 4.78 is 54.6. The van der Waals surface area contributed by atoms with Crippen LogP contribution >= 0.6 is 0 Å². The first-order valence-corrected chi connectivity index (χ1v) is 13.6. The van der Waals surface area contributed by atoms with Crippen molar-refractivity contribution in [2.24, 2.45) is 5.92 Å². The van der Waals surface area contributed by atoms with Crippen molar-refractivity contribution < 1.29 is 32.3 Å². The first kappa shape index (κ1) is 27.6. The van der Waals surface area contributed by atoms with Gasteiger partial charge in [0.15, 0.2) is 5.60 Å². The first-order valence-electron chi connectivity index (χ1n) is 13.6. The van der Waals surface area contributed by atoms with Gasteiger partial charge in [0.1, 0.15) is 30.1 Å². The zero-order valence-electron chi connectivity index (χ0n) is 22.7. The zero-order chi connectivity index (χ0) is 29.5. The molecule has 0 radical (unpaired) electrons. The Hall–Kier alpha value is -4.55. The average Bonchev–Trinajstić information content (AvgIpc) is 3.48. The molecule has 2 aliphatic rings. The third-order valence-corrected chi connectivity index (χ3v) is 7.57. The van der Waals surface area contributed by atoms with Crippen LogP contribution in [0.25, 0.3) is 10.9 Å². The molecule has 1 unspecified atom stereocenters. The smallest absolute Gasteiger partial charge is 0.489 e. The van der Waals surface area contributed by atoms with Crippen LogP contribution in [0.15, 0.2) is 60.8 Å². The van der Waals surface area contributed by atoms with Gasteiger partial charge in [-0.15, -0.1) is 13.2 Å². The van der Waals surface area contributed by atoms with Gasteiger partial charge >= 0.3 is 18.2 Å². The molecule has 0 aliphatic carbocycles. The standard InChI is InChI=1S/C29H28F3N5O5/c1-28(17-36-16-26(37(38)39)34-27(36)42-28)18-40-23-7-8-24-21(15-23)4-9-25(33-24)35-12-10-20(11-13-35)14-19-2-5-22(6-3-19)41-29(30,31)32/h2-9,15-16,20H,10-14,17-18H2,1H3.